The standard InChI is InChI=1S/C10H19N/c1-9-5-4-7-10-6-2-3-8-11(9)10/h9-10H,2-8H2,1H3/t9-,10+/m1/s1. The zero-order valence-corrected chi connectivity index (χ0v) is 7.55. The van der Waals surface area contributed by atoms with Crippen molar-refractivity contribution in [3.05, 3.63) is 0 Å². The second kappa shape index (κ2) is 3.14. The number of hydrogen-bond donors (Lipinski definition) is 0. The van der Waals surface area contributed by atoms with E-state index >= 15 is 0 Å². The van der Waals surface area contributed by atoms with Crippen LogP contribution in [0.3, 0.4) is 0 Å². The molecule has 0 spiro atoms. The smallest absolute Gasteiger partial charge is 0.00980 e. The van der Waals surface area contributed by atoms with Crippen LogP contribution in [0.5, 0.6) is 0 Å². The van der Waals surface area contributed by atoms with Crippen molar-refractivity contribution >= 4 is 0 Å². The molecule has 11 heavy (non-hydrogen) atoms. The lowest BCUT2D eigenvalue weighted by molar-refractivity contribution is 0.0614. The molecule has 0 saturated carbocycles. The molecule has 0 radical (unpaired) electrons. The molecule has 0 aromatic carbocycles. The Hall–Kier alpha value is -0.0400. The van der Waals surface area contributed by atoms with Crippen molar-refractivity contribution in [1.29, 1.82) is 0 Å². The summed E-state index contributed by atoms with van der Waals surface area (Å²) in [6.45, 7) is 3.78. The summed E-state index contributed by atoms with van der Waals surface area (Å²) in [6.07, 6.45) is 8.79. The maximum atomic E-state index is 2.74. The second-order valence-corrected chi connectivity index (χ2v) is 4.17. The van der Waals surface area contributed by atoms with Gasteiger partial charge in [-0.2, -0.15) is 0 Å². The van der Waals surface area contributed by atoms with Gasteiger partial charge in [0.2, 0.25) is 0 Å². The molecular weight excluding hydrogens is 134 g/mol. The van der Waals surface area contributed by atoms with Crippen molar-refractivity contribution in [1.82, 2.24) is 4.90 Å². The highest BCUT2D eigenvalue weighted by atomic mass is 15.2. The second-order valence-electron chi connectivity index (χ2n) is 4.17. The summed E-state index contributed by atoms with van der Waals surface area (Å²) in [4.78, 5) is 2.74. The van der Waals surface area contributed by atoms with Crippen LogP contribution in [0.2, 0.25) is 0 Å². The molecule has 0 aliphatic carbocycles. The van der Waals surface area contributed by atoms with Gasteiger partial charge in [-0.1, -0.05) is 12.8 Å². The maximum absolute atomic E-state index is 2.74. The van der Waals surface area contributed by atoms with Gasteiger partial charge in [0.25, 0.3) is 0 Å². The van der Waals surface area contributed by atoms with Gasteiger partial charge in [-0.25, -0.2) is 0 Å². The number of nitrogens with zero attached hydrogens (tertiary/aromatic N) is 1. The van der Waals surface area contributed by atoms with Gasteiger partial charge in [0.1, 0.15) is 0 Å². The topological polar surface area (TPSA) is 3.24 Å². The van der Waals surface area contributed by atoms with Crippen molar-refractivity contribution in [3.8, 4) is 0 Å². The van der Waals surface area contributed by atoms with Gasteiger partial charge < -0.3 is 0 Å². The molecule has 0 amide bonds. The Morgan fingerprint density at radius 3 is 2.64 bits per heavy atom. The minimum atomic E-state index is 0.883. The molecular formula is C10H19N. The summed E-state index contributed by atoms with van der Waals surface area (Å²) < 4.78 is 0. The largest absolute Gasteiger partial charge is 0.298 e. The molecule has 2 atom stereocenters. The van der Waals surface area contributed by atoms with Crippen LogP contribution in [0.1, 0.15) is 45.4 Å². The minimum absolute atomic E-state index is 0.883. The highest BCUT2D eigenvalue weighted by Gasteiger charge is 2.29. The molecule has 0 N–H and O–H groups in total. The summed E-state index contributed by atoms with van der Waals surface area (Å²) in [5.41, 5.74) is 0. The predicted molar refractivity (Wildman–Crippen MR) is 47.7 cm³/mol. The van der Waals surface area contributed by atoms with Crippen LogP contribution in [0.4, 0.5) is 0 Å². The molecule has 2 saturated heterocycles. The van der Waals surface area contributed by atoms with E-state index < -0.39 is 0 Å². The van der Waals surface area contributed by atoms with Gasteiger partial charge in [-0.05, 0) is 39.2 Å². The van der Waals surface area contributed by atoms with E-state index in [1.165, 1.54) is 45.1 Å². The van der Waals surface area contributed by atoms with Crippen molar-refractivity contribution in [2.24, 2.45) is 0 Å². The van der Waals surface area contributed by atoms with Gasteiger partial charge >= 0.3 is 0 Å². The van der Waals surface area contributed by atoms with Crippen LogP contribution in [0.25, 0.3) is 0 Å². The van der Waals surface area contributed by atoms with Crippen molar-refractivity contribution in [2.45, 2.75) is 57.5 Å². The molecule has 2 heterocycles. The molecule has 1 heteroatoms. The summed E-state index contributed by atoms with van der Waals surface area (Å²) in [7, 11) is 0. The monoisotopic (exact) mass is 153 g/mol. The van der Waals surface area contributed by atoms with E-state index in [2.05, 4.69) is 11.8 Å². The zero-order valence-electron chi connectivity index (χ0n) is 7.55. The molecule has 2 aliphatic rings. The van der Waals surface area contributed by atoms with Gasteiger partial charge in [0.15, 0.2) is 0 Å². The molecule has 0 aromatic heterocycles. The van der Waals surface area contributed by atoms with E-state index in [1.807, 2.05) is 0 Å². The van der Waals surface area contributed by atoms with E-state index in [9.17, 15) is 0 Å². The first-order chi connectivity index (χ1) is 5.38. The van der Waals surface area contributed by atoms with Gasteiger partial charge in [-0.3, -0.25) is 4.90 Å². The first kappa shape index (κ1) is 7.60. The van der Waals surface area contributed by atoms with E-state index in [0.717, 1.165) is 12.1 Å². The molecule has 0 aromatic rings. The fourth-order valence-electron chi connectivity index (χ4n) is 2.73. The van der Waals surface area contributed by atoms with Crippen LogP contribution < -0.4 is 0 Å². The lowest BCUT2D eigenvalue weighted by Gasteiger charge is -2.43. The summed E-state index contributed by atoms with van der Waals surface area (Å²) in [6, 6.07) is 1.85. The molecule has 0 bridgehead atoms. The van der Waals surface area contributed by atoms with Gasteiger partial charge in [0, 0.05) is 12.1 Å². The van der Waals surface area contributed by atoms with Gasteiger partial charge in [-0.15, -0.1) is 0 Å². The van der Waals surface area contributed by atoms with Crippen LogP contribution in [-0.2, 0) is 0 Å². The van der Waals surface area contributed by atoms with Crippen molar-refractivity contribution < 1.29 is 0 Å². The number of rotatable bonds is 0. The predicted octanol–water partition coefficient (Wildman–Crippen LogP) is 2.41. The van der Waals surface area contributed by atoms with Crippen LogP contribution >= 0.6 is 0 Å². The van der Waals surface area contributed by atoms with Crippen LogP contribution in [-0.4, -0.2) is 23.5 Å². The molecule has 2 aliphatic heterocycles. The molecule has 64 valence electrons. The highest BCUT2D eigenvalue weighted by Crippen LogP contribution is 2.29. The number of fused-ring (bicyclic) bond motifs is 1. The first-order valence-electron chi connectivity index (χ1n) is 5.13. The van der Waals surface area contributed by atoms with E-state index in [0.29, 0.717) is 0 Å². The summed E-state index contributed by atoms with van der Waals surface area (Å²) in [5.74, 6) is 0. The fraction of sp³-hybridized carbons (Fsp3) is 1.00. The number of hydrogen-bond acceptors (Lipinski definition) is 1. The first-order valence-corrected chi connectivity index (χ1v) is 5.13. The summed E-state index contributed by atoms with van der Waals surface area (Å²) in [5, 5.41) is 0. The average Bonchev–Trinajstić information content (AvgIpc) is 2.06. The van der Waals surface area contributed by atoms with Gasteiger partial charge in [0.05, 0.1) is 0 Å². The third-order valence-electron chi connectivity index (χ3n) is 3.40. The Morgan fingerprint density at radius 2 is 1.82 bits per heavy atom. The van der Waals surface area contributed by atoms with Crippen molar-refractivity contribution in [2.75, 3.05) is 6.54 Å². The fourth-order valence-corrected chi connectivity index (χ4v) is 2.73. The Balaban J connectivity index is 1.99. The maximum Gasteiger partial charge on any atom is 0.00980 e. The summed E-state index contributed by atoms with van der Waals surface area (Å²) >= 11 is 0. The number of piperidine rings is 2. The normalized spacial score (nSPS) is 40.1. The third kappa shape index (κ3) is 1.44. The lowest BCUT2D eigenvalue weighted by Crippen LogP contribution is -2.47. The minimum Gasteiger partial charge on any atom is -0.298 e. The Morgan fingerprint density at radius 1 is 1.00 bits per heavy atom. The lowest BCUT2D eigenvalue weighted by atomic mass is 9.90. The van der Waals surface area contributed by atoms with E-state index in [4.69, 9.17) is 0 Å². The quantitative estimate of drug-likeness (QED) is 0.516. The molecule has 1 nitrogen and oxygen atoms in total. The van der Waals surface area contributed by atoms with Crippen LogP contribution in [0, 0.1) is 0 Å². The SMILES string of the molecule is C[C@@H]1CCC[C@@H]2CCCCN21. The Labute approximate surface area is 69.8 Å². The average molecular weight is 153 g/mol. The van der Waals surface area contributed by atoms with E-state index in [-0.39, 0.29) is 0 Å². The van der Waals surface area contributed by atoms with E-state index in [1.54, 1.807) is 0 Å². The molecule has 2 rings (SSSR count). The Kier molecular flexibility index (Phi) is 2.17. The Bertz CT molecular complexity index is 131. The molecule has 0 unspecified atom stereocenters. The molecule has 2 fully saturated rings. The van der Waals surface area contributed by atoms with Crippen LogP contribution in [0.15, 0.2) is 0 Å². The highest BCUT2D eigenvalue weighted by molar-refractivity contribution is 4.84. The third-order valence-corrected chi connectivity index (χ3v) is 3.40. The van der Waals surface area contributed by atoms with Crippen molar-refractivity contribution in [3.63, 3.8) is 0 Å². The zero-order chi connectivity index (χ0) is 7.68.